The van der Waals surface area contributed by atoms with Crippen LogP contribution in [-0.4, -0.2) is 23.2 Å². The second-order valence-electron chi connectivity index (χ2n) is 4.53. The summed E-state index contributed by atoms with van der Waals surface area (Å²) in [5, 5.41) is 8.10. The van der Waals surface area contributed by atoms with Gasteiger partial charge in [-0.2, -0.15) is 5.10 Å². The molecule has 3 rings (SSSR count). The molecule has 1 aliphatic heterocycles. The van der Waals surface area contributed by atoms with Crippen LogP contribution in [0.4, 0.5) is 0 Å². The van der Waals surface area contributed by atoms with Gasteiger partial charge in [-0.3, -0.25) is 4.79 Å². The zero-order valence-corrected chi connectivity index (χ0v) is 11.4. The van der Waals surface area contributed by atoms with E-state index in [0.29, 0.717) is 6.54 Å². The Balaban J connectivity index is 2.00. The summed E-state index contributed by atoms with van der Waals surface area (Å²) < 4.78 is 0. The van der Waals surface area contributed by atoms with Crippen molar-refractivity contribution in [1.29, 1.82) is 0 Å². The molecule has 1 unspecified atom stereocenters. The maximum Gasteiger partial charge on any atom is 0.239 e. The average molecular weight is 270 g/mol. The third-order valence-corrected chi connectivity index (χ3v) is 4.15. The van der Waals surface area contributed by atoms with Crippen molar-refractivity contribution >= 4 is 23.0 Å². The molecule has 0 fully saturated rings. The number of hydrazone groups is 1. The predicted octanol–water partition coefficient (Wildman–Crippen LogP) is 3.10. The lowest BCUT2D eigenvalue weighted by molar-refractivity contribution is -0.128. The highest BCUT2D eigenvalue weighted by atomic mass is 32.1. The fraction of sp³-hybridized carbons (Fsp3) is 0.200. The first-order chi connectivity index (χ1) is 9.25. The average Bonchev–Trinajstić information content (AvgIpc) is 3.08. The van der Waals surface area contributed by atoms with Gasteiger partial charge in [0.1, 0.15) is 0 Å². The summed E-state index contributed by atoms with van der Waals surface area (Å²) in [6.07, 6.45) is 0. The van der Waals surface area contributed by atoms with Crippen LogP contribution in [0.25, 0.3) is 0 Å². The third-order valence-electron chi connectivity index (χ3n) is 3.25. The lowest BCUT2D eigenvalue weighted by Gasteiger charge is -2.13. The third kappa shape index (κ3) is 2.31. The predicted molar refractivity (Wildman–Crippen MR) is 77.4 cm³/mol. The smallest absolute Gasteiger partial charge is 0.239 e. The molecular weight excluding hydrogens is 256 g/mol. The van der Waals surface area contributed by atoms with Crippen LogP contribution in [0.1, 0.15) is 23.3 Å². The first kappa shape index (κ1) is 12.1. The molecule has 19 heavy (non-hydrogen) atoms. The van der Waals surface area contributed by atoms with Crippen LogP contribution < -0.4 is 0 Å². The largest absolute Gasteiger partial charge is 0.273 e. The number of thiophene rings is 1. The molecule has 0 saturated heterocycles. The molecule has 0 bridgehead atoms. The van der Waals surface area contributed by atoms with E-state index in [1.165, 1.54) is 5.56 Å². The van der Waals surface area contributed by atoms with Crippen molar-refractivity contribution in [3.63, 3.8) is 0 Å². The van der Waals surface area contributed by atoms with Crippen LogP contribution in [0.15, 0.2) is 52.9 Å². The molecule has 4 heteroatoms. The van der Waals surface area contributed by atoms with Crippen molar-refractivity contribution in [3.8, 4) is 0 Å². The molecule has 2 aromatic rings. The van der Waals surface area contributed by atoms with E-state index in [9.17, 15) is 4.79 Å². The van der Waals surface area contributed by atoms with E-state index in [1.807, 2.05) is 29.6 Å². The number of nitrogens with zero attached hydrogens (tertiary/aromatic N) is 2. The zero-order valence-electron chi connectivity index (χ0n) is 10.6. The molecule has 0 spiro atoms. The Hall–Kier alpha value is -1.94. The van der Waals surface area contributed by atoms with Crippen LogP contribution in [0.2, 0.25) is 0 Å². The Morgan fingerprint density at radius 2 is 2.05 bits per heavy atom. The molecule has 1 atom stereocenters. The van der Waals surface area contributed by atoms with Crippen LogP contribution in [0.5, 0.6) is 0 Å². The molecule has 0 saturated carbocycles. The summed E-state index contributed by atoms with van der Waals surface area (Å²) in [7, 11) is 0. The van der Waals surface area contributed by atoms with Crippen molar-refractivity contribution in [2.45, 2.75) is 12.8 Å². The molecule has 3 nitrogen and oxygen atoms in total. The Bertz CT molecular complexity index is 604. The van der Waals surface area contributed by atoms with Crippen molar-refractivity contribution in [2.75, 3.05) is 6.54 Å². The highest BCUT2D eigenvalue weighted by Crippen LogP contribution is 2.30. The van der Waals surface area contributed by atoms with Gasteiger partial charge in [0.25, 0.3) is 0 Å². The van der Waals surface area contributed by atoms with Crippen LogP contribution >= 0.6 is 11.3 Å². The lowest BCUT2D eigenvalue weighted by atomic mass is 9.94. The molecule has 1 aromatic heterocycles. The topological polar surface area (TPSA) is 32.7 Å². The fourth-order valence-electron chi connectivity index (χ4n) is 2.29. The zero-order chi connectivity index (χ0) is 13.2. The van der Waals surface area contributed by atoms with Crippen molar-refractivity contribution in [1.82, 2.24) is 5.01 Å². The Morgan fingerprint density at radius 1 is 1.26 bits per heavy atom. The van der Waals surface area contributed by atoms with Gasteiger partial charge in [0.15, 0.2) is 0 Å². The van der Waals surface area contributed by atoms with Crippen molar-refractivity contribution in [3.05, 3.63) is 58.3 Å². The first-order valence-corrected chi connectivity index (χ1v) is 7.09. The highest BCUT2D eigenvalue weighted by molar-refractivity contribution is 7.12. The summed E-state index contributed by atoms with van der Waals surface area (Å²) >= 11 is 1.66. The van der Waals surface area contributed by atoms with Gasteiger partial charge in [0.05, 0.1) is 17.1 Å². The van der Waals surface area contributed by atoms with Gasteiger partial charge in [-0.25, -0.2) is 5.01 Å². The molecule has 1 amide bonds. The van der Waals surface area contributed by atoms with Gasteiger partial charge in [-0.1, -0.05) is 36.4 Å². The Labute approximate surface area is 116 Å². The van der Waals surface area contributed by atoms with E-state index in [0.717, 1.165) is 10.6 Å². The minimum atomic E-state index is -0.00696. The van der Waals surface area contributed by atoms with Crippen LogP contribution in [0.3, 0.4) is 0 Å². The summed E-state index contributed by atoms with van der Waals surface area (Å²) in [6.45, 7) is 2.19. The molecule has 0 N–H and O–H groups in total. The number of hydrogen-bond acceptors (Lipinski definition) is 3. The second kappa shape index (κ2) is 4.97. The van der Waals surface area contributed by atoms with Crippen LogP contribution in [0, 0.1) is 0 Å². The monoisotopic (exact) mass is 270 g/mol. The van der Waals surface area contributed by atoms with Gasteiger partial charge < -0.3 is 0 Å². The van der Waals surface area contributed by atoms with Crippen molar-refractivity contribution in [2.24, 2.45) is 5.10 Å². The van der Waals surface area contributed by atoms with Gasteiger partial charge in [0, 0.05) is 12.8 Å². The summed E-state index contributed by atoms with van der Waals surface area (Å²) in [4.78, 5) is 12.7. The number of hydrogen-bond donors (Lipinski definition) is 0. The maximum absolute atomic E-state index is 11.6. The number of rotatable bonds is 2. The molecular formula is C15H14N2OS. The van der Waals surface area contributed by atoms with E-state index in [-0.39, 0.29) is 11.8 Å². The van der Waals surface area contributed by atoms with Crippen LogP contribution in [-0.2, 0) is 4.79 Å². The SMILES string of the molecule is CC(=O)N1CC(c2ccccc2)C(c2cccs2)=N1. The molecule has 2 heterocycles. The Morgan fingerprint density at radius 3 is 2.68 bits per heavy atom. The number of amides is 1. The standard InChI is InChI=1S/C15H14N2OS/c1-11(18)17-10-13(12-6-3-2-4-7-12)15(16-17)14-8-5-9-19-14/h2-9,13H,10H2,1H3. The number of carbonyl (C=O) groups excluding carboxylic acids is 1. The summed E-state index contributed by atoms with van der Waals surface area (Å²) in [5.41, 5.74) is 2.20. The highest BCUT2D eigenvalue weighted by Gasteiger charge is 2.31. The minimum absolute atomic E-state index is 0.00696. The number of benzene rings is 1. The fourth-order valence-corrected chi connectivity index (χ4v) is 3.06. The van der Waals surface area contributed by atoms with E-state index in [4.69, 9.17) is 0 Å². The van der Waals surface area contributed by atoms with E-state index < -0.39 is 0 Å². The van der Waals surface area contributed by atoms with Crippen molar-refractivity contribution < 1.29 is 4.79 Å². The van der Waals surface area contributed by atoms with Gasteiger partial charge in [0.2, 0.25) is 5.91 Å². The molecule has 0 radical (unpaired) electrons. The normalized spacial score (nSPS) is 18.5. The maximum atomic E-state index is 11.6. The summed E-state index contributed by atoms with van der Waals surface area (Å²) in [6, 6.07) is 14.3. The lowest BCUT2D eigenvalue weighted by Crippen LogP contribution is -2.22. The first-order valence-electron chi connectivity index (χ1n) is 6.21. The molecule has 96 valence electrons. The Kier molecular flexibility index (Phi) is 3.17. The quantitative estimate of drug-likeness (QED) is 0.825. The molecule has 1 aromatic carbocycles. The van der Waals surface area contributed by atoms with Gasteiger partial charge in [-0.15, -0.1) is 11.3 Å². The summed E-state index contributed by atoms with van der Waals surface area (Å²) in [5.74, 6) is 0.163. The van der Waals surface area contributed by atoms with Gasteiger partial charge in [-0.05, 0) is 17.0 Å². The van der Waals surface area contributed by atoms with E-state index in [1.54, 1.807) is 23.3 Å². The number of carbonyl (C=O) groups is 1. The second-order valence-corrected chi connectivity index (χ2v) is 5.47. The van der Waals surface area contributed by atoms with E-state index in [2.05, 4.69) is 23.3 Å². The van der Waals surface area contributed by atoms with Gasteiger partial charge >= 0.3 is 0 Å². The molecule has 1 aliphatic rings. The molecule has 0 aliphatic carbocycles. The minimum Gasteiger partial charge on any atom is -0.273 e. The van der Waals surface area contributed by atoms with E-state index >= 15 is 0 Å².